The fraction of sp³-hybridized carbons (Fsp3) is 0.242. The lowest BCUT2D eigenvalue weighted by Crippen LogP contribution is -2.47. The third-order valence-electron chi connectivity index (χ3n) is 7.53. The Morgan fingerprint density at radius 2 is 1.44 bits per heavy atom. The lowest BCUT2D eigenvalue weighted by molar-refractivity contribution is 0.102. The predicted molar refractivity (Wildman–Crippen MR) is 170 cm³/mol. The van der Waals surface area contributed by atoms with Crippen LogP contribution in [0.15, 0.2) is 102 Å². The fourth-order valence-electron chi connectivity index (χ4n) is 5.14. The molecule has 0 unspecified atom stereocenters. The number of nitrogens with zero attached hydrogens (tertiary/aromatic N) is 2. The van der Waals surface area contributed by atoms with E-state index >= 15 is 0 Å². The average Bonchev–Trinajstić information content (AvgIpc) is 3.05. The van der Waals surface area contributed by atoms with Crippen molar-refractivity contribution in [2.45, 2.75) is 17.9 Å². The minimum absolute atomic E-state index is 0.108. The lowest BCUT2D eigenvalue weighted by Gasteiger charge is -2.38. The SMILES string of the molecule is COc1ccc(N2CCN(c3ccc(NC(=O)c4cccc(OC)c4)cc3S(=O)(=O)N[C@H](C)c3ccccc3)CC2)cc1. The second kappa shape index (κ2) is 13.2. The fourth-order valence-corrected chi connectivity index (χ4v) is 6.62. The quantitative estimate of drug-likeness (QED) is 0.254. The van der Waals surface area contributed by atoms with Gasteiger partial charge in [0.2, 0.25) is 10.0 Å². The maximum absolute atomic E-state index is 13.9. The van der Waals surface area contributed by atoms with E-state index in [0.717, 1.165) is 17.0 Å². The van der Waals surface area contributed by atoms with Gasteiger partial charge in [-0.2, -0.15) is 0 Å². The number of amides is 1. The third kappa shape index (κ3) is 7.10. The van der Waals surface area contributed by atoms with Crippen LogP contribution in [0.25, 0.3) is 0 Å². The van der Waals surface area contributed by atoms with Crippen LogP contribution < -0.4 is 29.3 Å². The van der Waals surface area contributed by atoms with E-state index in [4.69, 9.17) is 9.47 Å². The zero-order chi connectivity index (χ0) is 30.4. The Balaban J connectivity index is 1.41. The van der Waals surface area contributed by atoms with Crippen molar-refractivity contribution in [1.82, 2.24) is 4.72 Å². The monoisotopic (exact) mass is 600 g/mol. The van der Waals surface area contributed by atoms with Crippen LogP contribution in [0.1, 0.15) is 28.9 Å². The number of hydrogen-bond acceptors (Lipinski definition) is 7. The highest BCUT2D eigenvalue weighted by Crippen LogP contribution is 2.32. The van der Waals surface area contributed by atoms with E-state index in [2.05, 4.69) is 19.8 Å². The number of carbonyl (C=O) groups excluding carboxylic acids is 1. The predicted octanol–water partition coefficient (Wildman–Crippen LogP) is 5.32. The highest BCUT2D eigenvalue weighted by molar-refractivity contribution is 7.89. The van der Waals surface area contributed by atoms with Gasteiger partial charge in [0.1, 0.15) is 16.4 Å². The van der Waals surface area contributed by atoms with E-state index in [0.29, 0.717) is 48.9 Å². The van der Waals surface area contributed by atoms with E-state index in [-0.39, 0.29) is 10.8 Å². The molecule has 1 fully saturated rings. The molecule has 43 heavy (non-hydrogen) atoms. The number of carbonyl (C=O) groups is 1. The summed E-state index contributed by atoms with van der Waals surface area (Å²) in [5.41, 5.74) is 3.30. The molecule has 5 rings (SSSR count). The number of piperazine rings is 1. The minimum Gasteiger partial charge on any atom is -0.497 e. The zero-order valence-corrected chi connectivity index (χ0v) is 25.3. The number of rotatable bonds is 10. The molecule has 1 aliphatic rings. The van der Waals surface area contributed by atoms with E-state index in [9.17, 15) is 13.2 Å². The highest BCUT2D eigenvalue weighted by Gasteiger charge is 2.27. The average molecular weight is 601 g/mol. The van der Waals surface area contributed by atoms with Gasteiger partial charge in [0.15, 0.2) is 0 Å². The summed E-state index contributed by atoms with van der Waals surface area (Å²) in [7, 11) is -0.807. The molecule has 0 spiro atoms. The van der Waals surface area contributed by atoms with Crippen LogP contribution in [0.4, 0.5) is 17.1 Å². The van der Waals surface area contributed by atoms with Gasteiger partial charge in [0.25, 0.3) is 5.91 Å². The number of hydrogen-bond donors (Lipinski definition) is 2. The Labute approximate surface area is 253 Å². The second-order valence-corrected chi connectivity index (χ2v) is 12.0. The summed E-state index contributed by atoms with van der Waals surface area (Å²) in [6.45, 7) is 4.49. The van der Waals surface area contributed by atoms with Crippen molar-refractivity contribution in [2.75, 3.05) is 55.5 Å². The molecule has 1 amide bonds. The van der Waals surface area contributed by atoms with Gasteiger partial charge in [-0.1, -0.05) is 36.4 Å². The van der Waals surface area contributed by atoms with E-state index in [1.807, 2.05) is 61.5 Å². The van der Waals surface area contributed by atoms with E-state index in [1.54, 1.807) is 43.5 Å². The van der Waals surface area contributed by atoms with Crippen LogP contribution in [0.5, 0.6) is 11.5 Å². The number of ether oxygens (including phenoxy) is 2. The Morgan fingerprint density at radius 1 is 0.767 bits per heavy atom. The van der Waals surface area contributed by atoms with Gasteiger partial charge in [-0.05, 0) is 73.2 Å². The second-order valence-electron chi connectivity index (χ2n) is 10.3. The summed E-state index contributed by atoms with van der Waals surface area (Å²) >= 11 is 0. The molecule has 224 valence electrons. The molecule has 1 heterocycles. The molecule has 0 bridgehead atoms. The van der Waals surface area contributed by atoms with Crippen LogP contribution in [-0.2, 0) is 10.0 Å². The molecular weight excluding hydrogens is 564 g/mol. The molecule has 1 saturated heterocycles. The molecule has 1 atom stereocenters. The van der Waals surface area contributed by atoms with Crippen LogP contribution in [0.3, 0.4) is 0 Å². The normalized spacial score (nSPS) is 14.2. The Bertz CT molecular complexity index is 1650. The Hall–Kier alpha value is -4.54. The van der Waals surface area contributed by atoms with Gasteiger partial charge < -0.3 is 24.6 Å². The number of anilines is 3. The van der Waals surface area contributed by atoms with Crippen LogP contribution in [0, 0.1) is 0 Å². The van der Waals surface area contributed by atoms with E-state index < -0.39 is 16.1 Å². The van der Waals surface area contributed by atoms with Crippen molar-refractivity contribution >= 4 is 33.0 Å². The summed E-state index contributed by atoms with van der Waals surface area (Å²) in [4.78, 5) is 17.5. The topological polar surface area (TPSA) is 100 Å². The zero-order valence-electron chi connectivity index (χ0n) is 24.5. The van der Waals surface area contributed by atoms with Crippen molar-refractivity contribution in [1.29, 1.82) is 0 Å². The van der Waals surface area contributed by atoms with Crippen molar-refractivity contribution < 1.29 is 22.7 Å². The first-order chi connectivity index (χ1) is 20.8. The van der Waals surface area contributed by atoms with Gasteiger partial charge in [-0.25, -0.2) is 13.1 Å². The first kappa shape index (κ1) is 29.9. The van der Waals surface area contributed by atoms with Crippen LogP contribution in [-0.4, -0.2) is 54.7 Å². The number of methoxy groups -OCH3 is 2. The van der Waals surface area contributed by atoms with E-state index in [1.165, 1.54) is 13.2 Å². The maximum Gasteiger partial charge on any atom is 0.255 e. The third-order valence-corrected chi connectivity index (χ3v) is 9.10. The van der Waals surface area contributed by atoms with Gasteiger partial charge in [-0.15, -0.1) is 0 Å². The number of sulfonamides is 1. The maximum atomic E-state index is 13.9. The summed E-state index contributed by atoms with van der Waals surface area (Å²) in [5.74, 6) is 0.987. The largest absolute Gasteiger partial charge is 0.497 e. The molecule has 0 radical (unpaired) electrons. The molecule has 2 N–H and O–H groups in total. The van der Waals surface area contributed by atoms with Crippen molar-refractivity contribution in [3.8, 4) is 11.5 Å². The van der Waals surface area contributed by atoms with Crippen molar-refractivity contribution in [3.05, 3.63) is 108 Å². The number of nitrogens with one attached hydrogen (secondary N) is 2. The van der Waals surface area contributed by atoms with Crippen LogP contribution in [0.2, 0.25) is 0 Å². The van der Waals surface area contributed by atoms with Gasteiger partial charge in [0, 0.05) is 49.2 Å². The summed E-state index contributed by atoms with van der Waals surface area (Å²) < 4.78 is 41.2. The van der Waals surface area contributed by atoms with Crippen LogP contribution >= 0.6 is 0 Å². The number of benzene rings is 4. The molecule has 0 aromatic heterocycles. The molecular formula is C33H36N4O5S. The summed E-state index contributed by atoms with van der Waals surface area (Å²) in [5, 5.41) is 2.85. The smallest absolute Gasteiger partial charge is 0.255 e. The van der Waals surface area contributed by atoms with Crippen molar-refractivity contribution in [3.63, 3.8) is 0 Å². The highest BCUT2D eigenvalue weighted by atomic mass is 32.2. The molecule has 0 saturated carbocycles. The molecule has 10 heteroatoms. The summed E-state index contributed by atoms with van der Waals surface area (Å²) in [6, 6.07) is 28.7. The Kier molecular flexibility index (Phi) is 9.18. The first-order valence-corrected chi connectivity index (χ1v) is 15.6. The summed E-state index contributed by atoms with van der Waals surface area (Å²) in [6.07, 6.45) is 0. The van der Waals surface area contributed by atoms with Gasteiger partial charge in [-0.3, -0.25) is 4.79 Å². The molecule has 9 nitrogen and oxygen atoms in total. The molecule has 1 aliphatic heterocycles. The minimum atomic E-state index is -3.99. The Morgan fingerprint density at radius 3 is 2.12 bits per heavy atom. The van der Waals surface area contributed by atoms with Crippen molar-refractivity contribution in [2.24, 2.45) is 0 Å². The molecule has 0 aliphatic carbocycles. The first-order valence-electron chi connectivity index (χ1n) is 14.1. The molecule has 4 aromatic rings. The lowest BCUT2D eigenvalue weighted by atomic mass is 10.1. The standard InChI is InChI=1S/C33H36N4O5S/c1-24(25-8-5-4-6-9-25)35-43(39,40)32-23-27(34-33(38)26-10-7-11-30(22-26)42-3)12-17-31(32)37-20-18-36(19-21-37)28-13-15-29(41-2)16-14-28/h4-17,22-24,35H,18-21H2,1-3H3,(H,34,38)/t24-/m1/s1. The van der Waals surface area contributed by atoms with Gasteiger partial charge >= 0.3 is 0 Å². The molecule has 4 aromatic carbocycles. The van der Waals surface area contributed by atoms with Gasteiger partial charge in [0.05, 0.1) is 19.9 Å².